The third-order valence-electron chi connectivity index (χ3n) is 3.38. The van der Waals surface area contributed by atoms with E-state index in [1.165, 1.54) is 0 Å². The number of hydrogen-bond donors (Lipinski definition) is 2. The molecular formula is C17H21N3O2. The largest absolute Gasteiger partial charge is 0.496 e. The number of hydrogen-bond acceptors (Lipinski definition) is 3. The predicted octanol–water partition coefficient (Wildman–Crippen LogP) is 2.96. The molecular weight excluding hydrogens is 278 g/mol. The molecule has 0 radical (unpaired) electrons. The Bertz CT molecular complexity index is 629. The summed E-state index contributed by atoms with van der Waals surface area (Å²) in [6.07, 6.45) is 3.43. The van der Waals surface area contributed by atoms with Crippen LogP contribution >= 0.6 is 0 Å². The van der Waals surface area contributed by atoms with E-state index in [9.17, 15) is 4.79 Å². The van der Waals surface area contributed by atoms with E-state index in [0.717, 1.165) is 22.4 Å². The molecule has 1 heterocycles. The molecule has 1 aromatic heterocycles. The van der Waals surface area contributed by atoms with Crippen LogP contribution in [0.5, 0.6) is 5.75 Å². The van der Waals surface area contributed by atoms with Gasteiger partial charge in [-0.15, -0.1) is 0 Å². The molecule has 0 fully saturated rings. The number of benzene rings is 1. The van der Waals surface area contributed by atoms with Crippen molar-refractivity contribution in [1.29, 1.82) is 0 Å². The molecule has 2 amide bonds. The average Bonchev–Trinajstić information content (AvgIpc) is 2.54. The molecule has 2 rings (SSSR count). The molecule has 1 aromatic carbocycles. The summed E-state index contributed by atoms with van der Waals surface area (Å²) in [7, 11) is 1.63. The molecule has 0 bridgehead atoms. The first-order valence-electron chi connectivity index (χ1n) is 7.18. The highest BCUT2D eigenvalue weighted by Gasteiger charge is 2.14. The van der Waals surface area contributed by atoms with Crippen LogP contribution in [-0.2, 0) is 6.54 Å². The first-order valence-corrected chi connectivity index (χ1v) is 7.18. The molecule has 0 saturated heterocycles. The van der Waals surface area contributed by atoms with Gasteiger partial charge in [-0.25, -0.2) is 4.79 Å². The van der Waals surface area contributed by atoms with Crippen molar-refractivity contribution < 1.29 is 9.53 Å². The molecule has 0 spiro atoms. The van der Waals surface area contributed by atoms with Gasteiger partial charge in [0.2, 0.25) is 0 Å². The van der Waals surface area contributed by atoms with Crippen LogP contribution in [0.4, 0.5) is 4.79 Å². The topological polar surface area (TPSA) is 63.2 Å². The van der Waals surface area contributed by atoms with Crippen molar-refractivity contribution in [2.45, 2.75) is 26.4 Å². The molecule has 22 heavy (non-hydrogen) atoms. The van der Waals surface area contributed by atoms with E-state index >= 15 is 0 Å². The number of pyridine rings is 1. The minimum atomic E-state index is -0.222. The molecule has 1 atom stereocenters. The fourth-order valence-electron chi connectivity index (χ4n) is 2.20. The van der Waals surface area contributed by atoms with Crippen LogP contribution in [0.25, 0.3) is 0 Å². The van der Waals surface area contributed by atoms with Crippen LogP contribution in [-0.4, -0.2) is 18.1 Å². The number of carbonyl (C=O) groups is 1. The van der Waals surface area contributed by atoms with Gasteiger partial charge in [0, 0.05) is 24.5 Å². The van der Waals surface area contributed by atoms with Gasteiger partial charge in [-0.1, -0.05) is 23.8 Å². The lowest BCUT2D eigenvalue weighted by molar-refractivity contribution is 0.237. The standard InChI is InChI=1S/C17H21N3O2/c1-12-6-7-16(22-3)15(9-12)13(2)20-17(21)19-11-14-5-4-8-18-10-14/h4-10,13H,11H2,1-3H3,(H2,19,20,21). The monoisotopic (exact) mass is 299 g/mol. The molecule has 0 aliphatic rings. The molecule has 2 N–H and O–H groups in total. The molecule has 0 aliphatic heterocycles. The Balaban J connectivity index is 1.95. The van der Waals surface area contributed by atoms with Crippen molar-refractivity contribution in [1.82, 2.24) is 15.6 Å². The second-order valence-electron chi connectivity index (χ2n) is 5.16. The lowest BCUT2D eigenvalue weighted by Gasteiger charge is -2.18. The lowest BCUT2D eigenvalue weighted by Crippen LogP contribution is -2.36. The smallest absolute Gasteiger partial charge is 0.315 e. The second kappa shape index (κ2) is 7.45. The van der Waals surface area contributed by atoms with Gasteiger partial charge in [-0.2, -0.15) is 0 Å². The van der Waals surface area contributed by atoms with Crippen LogP contribution in [0.1, 0.15) is 29.7 Å². The molecule has 0 saturated carbocycles. The highest BCUT2D eigenvalue weighted by Crippen LogP contribution is 2.25. The normalized spacial score (nSPS) is 11.6. The van der Waals surface area contributed by atoms with Crippen molar-refractivity contribution in [3.05, 3.63) is 59.4 Å². The molecule has 5 heteroatoms. The summed E-state index contributed by atoms with van der Waals surface area (Å²) < 4.78 is 5.35. The number of ether oxygens (including phenoxy) is 1. The summed E-state index contributed by atoms with van der Waals surface area (Å²) in [4.78, 5) is 16.0. The number of methoxy groups -OCH3 is 1. The summed E-state index contributed by atoms with van der Waals surface area (Å²) in [5, 5.41) is 5.74. The predicted molar refractivity (Wildman–Crippen MR) is 85.8 cm³/mol. The van der Waals surface area contributed by atoms with Gasteiger partial charge < -0.3 is 15.4 Å². The van der Waals surface area contributed by atoms with Crippen molar-refractivity contribution in [2.75, 3.05) is 7.11 Å². The van der Waals surface area contributed by atoms with Gasteiger partial charge in [0.1, 0.15) is 5.75 Å². The Morgan fingerprint density at radius 2 is 2.18 bits per heavy atom. The third-order valence-corrected chi connectivity index (χ3v) is 3.38. The van der Waals surface area contributed by atoms with Crippen LogP contribution in [0.15, 0.2) is 42.7 Å². The van der Waals surface area contributed by atoms with E-state index in [2.05, 4.69) is 15.6 Å². The lowest BCUT2D eigenvalue weighted by atomic mass is 10.0. The molecule has 2 aromatic rings. The van der Waals surface area contributed by atoms with Gasteiger partial charge in [-0.05, 0) is 31.5 Å². The summed E-state index contributed by atoms with van der Waals surface area (Å²) in [6, 6.07) is 9.30. The SMILES string of the molecule is COc1ccc(C)cc1C(C)NC(=O)NCc1cccnc1. The molecule has 5 nitrogen and oxygen atoms in total. The number of aryl methyl sites for hydroxylation is 1. The maximum Gasteiger partial charge on any atom is 0.315 e. The second-order valence-corrected chi connectivity index (χ2v) is 5.16. The van der Waals surface area contributed by atoms with Crippen LogP contribution in [0, 0.1) is 6.92 Å². The zero-order chi connectivity index (χ0) is 15.9. The van der Waals surface area contributed by atoms with Gasteiger partial charge in [-0.3, -0.25) is 4.98 Å². The first-order chi connectivity index (χ1) is 10.6. The number of urea groups is 1. The Kier molecular flexibility index (Phi) is 5.36. The highest BCUT2D eigenvalue weighted by atomic mass is 16.5. The van der Waals surface area contributed by atoms with Crippen molar-refractivity contribution in [2.24, 2.45) is 0 Å². The first kappa shape index (κ1) is 15.8. The molecule has 116 valence electrons. The average molecular weight is 299 g/mol. The van der Waals surface area contributed by atoms with Gasteiger partial charge >= 0.3 is 6.03 Å². The Hall–Kier alpha value is -2.56. The summed E-state index contributed by atoms with van der Waals surface area (Å²) >= 11 is 0. The summed E-state index contributed by atoms with van der Waals surface area (Å²) in [6.45, 7) is 4.39. The van der Waals surface area contributed by atoms with Crippen LogP contribution in [0.3, 0.4) is 0 Å². The fourth-order valence-corrected chi connectivity index (χ4v) is 2.20. The van der Waals surface area contributed by atoms with Crippen molar-refractivity contribution in [3.63, 3.8) is 0 Å². The number of nitrogens with zero attached hydrogens (tertiary/aromatic N) is 1. The zero-order valence-electron chi connectivity index (χ0n) is 13.1. The zero-order valence-corrected chi connectivity index (χ0v) is 13.1. The quantitative estimate of drug-likeness (QED) is 0.892. The maximum atomic E-state index is 12.0. The molecule has 0 aliphatic carbocycles. The van der Waals surface area contributed by atoms with E-state index < -0.39 is 0 Å². The van der Waals surface area contributed by atoms with E-state index in [0.29, 0.717) is 6.54 Å². The van der Waals surface area contributed by atoms with Gasteiger partial charge in [0.15, 0.2) is 0 Å². The van der Waals surface area contributed by atoms with E-state index in [4.69, 9.17) is 4.74 Å². The Labute approximate surface area is 130 Å². The Morgan fingerprint density at radius 1 is 1.36 bits per heavy atom. The summed E-state index contributed by atoms with van der Waals surface area (Å²) in [5.41, 5.74) is 3.04. The summed E-state index contributed by atoms with van der Waals surface area (Å²) in [5.74, 6) is 0.769. The Morgan fingerprint density at radius 3 is 2.86 bits per heavy atom. The van der Waals surface area contributed by atoms with Crippen LogP contribution in [0.2, 0.25) is 0 Å². The van der Waals surface area contributed by atoms with Gasteiger partial charge in [0.05, 0.1) is 13.2 Å². The van der Waals surface area contributed by atoms with Gasteiger partial charge in [0.25, 0.3) is 0 Å². The van der Waals surface area contributed by atoms with E-state index in [1.807, 2.05) is 44.2 Å². The minimum absolute atomic E-state index is 0.149. The minimum Gasteiger partial charge on any atom is -0.496 e. The number of carbonyl (C=O) groups excluding carboxylic acids is 1. The molecule has 1 unspecified atom stereocenters. The van der Waals surface area contributed by atoms with E-state index in [-0.39, 0.29) is 12.1 Å². The maximum absolute atomic E-state index is 12.0. The fraction of sp³-hybridized carbons (Fsp3) is 0.294. The number of aromatic nitrogens is 1. The number of amides is 2. The number of rotatable bonds is 5. The van der Waals surface area contributed by atoms with Crippen molar-refractivity contribution >= 4 is 6.03 Å². The van der Waals surface area contributed by atoms with Crippen LogP contribution < -0.4 is 15.4 Å². The van der Waals surface area contributed by atoms with E-state index in [1.54, 1.807) is 19.5 Å². The highest BCUT2D eigenvalue weighted by molar-refractivity contribution is 5.74. The van der Waals surface area contributed by atoms with Crippen molar-refractivity contribution in [3.8, 4) is 5.75 Å². The number of nitrogens with one attached hydrogen (secondary N) is 2. The third kappa shape index (κ3) is 4.22.